The Morgan fingerprint density at radius 2 is 1.61 bits per heavy atom. The Balaban J connectivity index is 0.00000385. The minimum atomic E-state index is -5.06. The number of alkyl halides is 6. The largest absolute Gasteiger partial charge is 0.416 e. The molecule has 1 heterocycles. The van der Waals surface area contributed by atoms with Crippen molar-refractivity contribution in [2.24, 2.45) is 0 Å². The lowest BCUT2D eigenvalue weighted by atomic mass is 9.85. The highest BCUT2D eigenvalue weighted by molar-refractivity contribution is 6.30. The fourth-order valence-corrected chi connectivity index (χ4v) is 3.94. The fourth-order valence-electron chi connectivity index (χ4n) is 3.82. The Morgan fingerprint density at radius 3 is 2.12 bits per heavy atom. The van der Waals surface area contributed by atoms with Crippen LogP contribution in [0.3, 0.4) is 0 Å². The van der Waals surface area contributed by atoms with Gasteiger partial charge in [-0.1, -0.05) is 17.7 Å². The number of hydrogen-bond donors (Lipinski definition) is 1. The maximum atomic E-state index is 14.0. The lowest BCUT2D eigenvalue weighted by Crippen LogP contribution is -2.49. The first-order valence-corrected chi connectivity index (χ1v) is 9.89. The summed E-state index contributed by atoms with van der Waals surface area (Å²) < 4.78 is 92.9. The van der Waals surface area contributed by atoms with E-state index in [-0.39, 0.29) is 23.5 Å². The summed E-state index contributed by atoms with van der Waals surface area (Å²) in [4.78, 5) is 14.1. The smallest absolute Gasteiger partial charge is 0.338 e. The Kier molecular flexibility index (Phi) is 8.30. The summed E-state index contributed by atoms with van der Waals surface area (Å²) in [6, 6.07) is 4.33. The zero-order valence-electron chi connectivity index (χ0n) is 17.0. The number of rotatable bonds is 3. The van der Waals surface area contributed by atoms with E-state index in [1.54, 1.807) is 6.07 Å². The molecule has 2 atom stereocenters. The van der Waals surface area contributed by atoms with Gasteiger partial charge in [0.2, 0.25) is 0 Å². The molecule has 0 spiro atoms. The van der Waals surface area contributed by atoms with E-state index in [4.69, 9.17) is 11.6 Å². The van der Waals surface area contributed by atoms with Crippen LogP contribution in [0.1, 0.15) is 39.4 Å². The van der Waals surface area contributed by atoms with Gasteiger partial charge in [0.05, 0.1) is 16.1 Å². The van der Waals surface area contributed by atoms with Crippen molar-refractivity contribution < 1.29 is 35.5 Å². The number of carbonyl (C=O) groups is 1. The predicted octanol–water partition coefficient (Wildman–Crippen LogP) is 6.16. The number of halogens is 9. The molecule has 1 aliphatic rings. The van der Waals surface area contributed by atoms with Gasteiger partial charge in [0, 0.05) is 31.1 Å². The number of amides is 1. The van der Waals surface area contributed by atoms with Crippen molar-refractivity contribution in [2.45, 2.75) is 30.7 Å². The Hall–Kier alpha value is -2.04. The molecule has 0 saturated carbocycles. The summed E-state index contributed by atoms with van der Waals surface area (Å²) in [5.41, 5.74) is -3.35. The molecule has 12 heteroatoms. The SMILES string of the molecule is CN(C(=O)c1cc(C(F)(F)F)cc(C(F)(F)F)c1)[C@@H]1CCNC[C@H]1c1ccc(Cl)c(F)c1.Cl. The second-order valence-electron chi connectivity index (χ2n) is 7.55. The molecule has 0 unspecified atom stereocenters. The normalized spacial score (nSPS) is 19.1. The van der Waals surface area contributed by atoms with Gasteiger partial charge in [-0.15, -0.1) is 12.4 Å². The molecule has 0 bridgehead atoms. The highest BCUT2D eigenvalue weighted by Crippen LogP contribution is 2.37. The van der Waals surface area contributed by atoms with Gasteiger partial charge in [-0.25, -0.2) is 4.39 Å². The Bertz CT molecular complexity index is 979. The van der Waals surface area contributed by atoms with Crippen molar-refractivity contribution in [3.05, 3.63) is 69.5 Å². The highest BCUT2D eigenvalue weighted by atomic mass is 35.5. The molecule has 0 radical (unpaired) electrons. The van der Waals surface area contributed by atoms with E-state index >= 15 is 0 Å². The van der Waals surface area contributed by atoms with Crippen molar-refractivity contribution in [3.8, 4) is 0 Å². The molecule has 1 saturated heterocycles. The first-order valence-electron chi connectivity index (χ1n) is 9.51. The summed E-state index contributed by atoms with van der Waals surface area (Å²) >= 11 is 5.71. The molecular formula is C21H19Cl2F7N2O. The molecule has 1 fully saturated rings. The summed E-state index contributed by atoms with van der Waals surface area (Å²) in [6.45, 7) is 0.797. The van der Waals surface area contributed by atoms with Gasteiger partial charge in [-0.3, -0.25) is 4.79 Å². The molecule has 2 aromatic rings. The number of hydrogen-bond acceptors (Lipinski definition) is 2. The number of nitrogens with one attached hydrogen (secondary N) is 1. The summed E-state index contributed by atoms with van der Waals surface area (Å²) in [5.74, 6) is -2.11. The predicted molar refractivity (Wildman–Crippen MR) is 111 cm³/mol. The average Bonchev–Trinajstić information content (AvgIpc) is 2.73. The summed E-state index contributed by atoms with van der Waals surface area (Å²) in [5, 5.41) is 3.00. The van der Waals surface area contributed by atoms with Crippen LogP contribution < -0.4 is 5.32 Å². The molecule has 33 heavy (non-hydrogen) atoms. The molecular weight excluding hydrogens is 500 g/mol. The van der Waals surface area contributed by atoms with Gasteiger partial charge >= 0.3 is 12.4 Å². The van der Waals surface area contributed by atoms with Gasteiger partial charge < -0.3 is 10.2 Å². The van der Waals surface area contributed by atoms with Gasteiger partial charge in [0.1, 0.15) is 5.82 Å². The lowest BCUT2D eigenvalue weighted by molar-refractivity contribution is -0.143. The molecule has 182 valence electrons. The number of likely N-dealkylation sites (N-methyl/N-ethyl adjacent to an activating group) is 1. The maximum absolute atomic E-state index is 14.0. The standard InChI is InChI=1S/C21H18ClF7N2O.ClH/c1-31(18-4-5-30-10-15(18)11-2-3-16(22)17(23)8-11)19(32)12-6-13(20(24,25)26)9-14(7-12)21(27,28)29;/h2-3,6-9,15,18,30H,4-5,10H2,1H3;1H/t15-,18+;/m0./s1. The van der Waals surface area contributed by atoms with Crippen molar-refractivity contribution in [2.75, 3.05) is 20.1 Å². The van der Waals surface area contributed by atoms with Crippen LogP contribution in [-0.4, -0.2) is 37.0 Å². The zero-order chi connectivity index (χ0) is 23.8. The molecule has 3 nitrogen and oxygen atoms in total. The molecule has 1 amide bonds. The van der Waals surface area contributed by atoms with Gasteiger partial charge in [0.15, 0.2) is 0 Å². The van der Waals surface area contributed by atoms with Gasteiger partial charge in [-0.2, -0.15) is 26.3 Å². The first kappa shape index (κ1) is 27.2. The van der Waals surface area contributed by atoms with Crippen molar-refractivity contribution in [1.82, 2.24) is 10.2 Å². The third-order valence-corrected chi connectivity index (χ3v) is 5.78. The second kappa shape index (κ2) is 10.1. The lowest BCUT2D eigenvalue weighted by Gasteiger charge is -2.39. The Morgan fingerprint density at radius 1 is 1.03 bits per heavy atom. The van der Waals surface area contributed by atoms with Crippen LogP contribution in [0, 0.1) is 5.82 Å². The number of carbonyl (C=O) groups excluding carboxylic acids is 1. The van der Waals surface area contributed by atoms with Crippen LogP contribution in [0.2, 0.25) is 5.02 Å². The number of benzene rings is 2. The molecule has 2 aromatic carbocycles. The fraction of sp³-hybridized carbons (Fsp3) is 0.381. The van der Waals surface area contributed by atoms with Crippen molar-refractivity contribution >= 4 is 29.9 Å². The van der Waals surface area contributed by atoms with E-state index in [1.165, 1.54) is 19.2 Å². The van der Waals surface area contributed by atoms with Crippen LogP contribution in [0.5, 0.6) is 0 Å². The maximum Gasteiger partial charge on any atom is 0.416 e. The monoisotopic (exact) mass is 518 g/mol. The molecule has 1 aliphatic heterocycles. The topological polar surface area (TPSA) is 32.3 Å². The number of nitrogens with zero attached hydrogens (tertiary/aromatic N) is 1. The summed E-state index contributed by atoms with van der Waals surface area (Å²) in [6.07, 6.45) is -9.76. The highest BCUT2D eigenvalue weighted by Gasteiger charge is 2.39. The van der Waals surface area contributed by atoms with E-state index < -0.39 is 52.7 Å². The molecule has 0 aromatic heterocycles. The molecule has 0 aliphatic carbocycles. The average molecular weight is 519 g/mol. The van der Waals surface area contributed by atoms with Crippen LogP contribution in [0.4, 0.5) is 30.7 Å². The van der Waals surface area contributed by atoms with E-state index in [1.807, 2.05) is 0 Å². The van der Waals surface area contributed by atoms with Gasteiger partial charge in [0.25, 0.3) is 5.91 Å². The summed E-state index contributed by atoms with van der Waals surface area (Å²) in [7, 11) is 1.31. The Labute approximate surface area is 196 Å². The second-order valence-corrected chi connectivity index (χ2v) is 7.96. The minimum absolute atomic E-state index is 0. The molecule has 1 N–H and O–H groups in total. The van der Waals surface area contributed by atoms with Crippen LogP contribution in [0.25, 0.3) is 0 Å². The van der Waals surface area contributed by atoms with E-state index in [9.17, 15) is 35.5 Å². The zero-order valence-corrected chi connectivity index (χ0v) is 18.6. The van der Waals surface area contributed by atoms with Gasteiger partial charge in [-0.05, 0) is 48.9 Å². The van der Waals surface area contributed by atoms with Crippen LogP contribution in [-0.2, 0) is 12.4 Å². The van der Waals surface area contributed by atoms with E-state index in [0.29, 0.717) is 37.2 Å². The number of piperidine rings is 1. The minimum Gasteiger partial charge on any atom is -0.338 e. The third-order valence-electron chi connectivity index (χ3n) is 5.47. The van der Waals surface area contributed by atoms with E-state index in [0.717, 1.165) is 4.90 Å². The first-order chi connectivity index (χ1) is 14.8. The van der Waals surface area contributed by atoms with Crippen LogP contribution >= 0.6 is 24.0 Å². The third kappa shape index (κ3) is 6.10. The van der Waals surface area contributed by atoms with Crippen molar-refractivity contribution in [3.63, 3.8) is 0 Å². The quantitative estimate of drug-likeness (QED) is 0.494. The van der Waals surface area contributed by atoms with E-state index in [2.05, 4.69) is 5.32 Å². The van der Waals surface area contributed by atoms with Crippen molar-refractivity contribution in [1.29, 1.82) is 0 Å². The molecule has 3 rings (SSSR count). The van der Waals surface area contributed by atoms with Crippen LogP contribution in [0.15, 0.2) is 36.4 Å².